The topological polar surface area (TPSA) is 76.1 Å². The molecule has 1 fully saturated rings. The van der Waals surface area contributed by atoms with Crippen molar-refractivity contribution in [3.63, 3.8) is 0 Å². The molecule has 0 radical (unpaired) electrons. The Morgan fingerprint density at radius 2 is 2.00 bits per heavy atom. The number of aryl methyl sites for hydroxylation is 1. The molecule has 0 aromatic heterocycles. The number of amides is 1. The second kappa shape index (κ2) is 6.58. The van der Waals surface area contributed by atoms with Crippen LogP contribution in [0.15, 0.2) is 12.1 Å². The quantitative estimate of drug-likeness (QED) is 0.820. The van der Waals surface area contributed by atoms with Crippen LogP contribution >= 0.6 is 0 Å². The number of carbonyl (C=O) groups is 2. The lowest BCUT2D eigenvalue weighted by Crippen LogP contribution is -2.42. The van der Waals surface area contributed by atoms with E-state index in [9.17, 15) is 14.7 Å². The highest BCUT2D eigenvalue weighted by molar-refractivity contribution is 5.91. The summed E-state index contributed by atoms with van der Waals surface area (Å²) in [4.78, 5) is 26.6. The molecule has 1 aromatic carbocycles. The van der Waals surface area contributed by atoms with E-state index in [4.69, 9.17) is 9.47 Å². The average molecular weight is 361 g/mol. The predicted octanol–water partition coefficient (Wildman–Crippen LogP) is 3.00. The Morgan fingerprint density at radius 3 is 2.58 bits per heavy atom. The number of hydrogen-bond donors (Lipinski definition) is 1. The van der Waals surface area contributed by atoms with E-state index >= 15 is 0 Å². The number of hydrogen-bond acceptors (Lipinski definition) is 5. The first kappa shape index (κ1) is 18.7. The molecule has 3 atom stereocenters. The summed E-state index contributed by atoms with van der Waals surface area (Å²) in [6.45, 7) is 7.27. The molecule has 1 saturated heterocycles. The lowest BCUT2D eigenvalue weighted by Gasteiger charge is -2.32. The Labute approximate surface area is 154 Å². The van der Waals surface area contributed by atoms with E-state index in [1.165, 1.54) is 7.11 Å². The molecule has 26 heavy (non-hydrogen) atoms. The maximum Gasteiger partial charge on any atom is 0.411 e. The van der Waals surface area contributed by atoms with E-state index in [1.54, 1.807) is 4.90 Å². The highest BCUT2D eigenvalue weighted by atomic mass is 16.6. The number of ether oxygens (including phenoxy) is 2. The van der Waals surface area contributed by atoms with Crippen molar-refractivity contribution in [3.8, 4) is 0 Å². The molecule has 0 saturated carbocycles. The number of carbonyl (C=O) groups excluding carboxylic acids is 2. The molecule has 1 heterocycles. The minimum absolute atomic E-state index is 0.0999. The zero-order chi connectivity index (χ0) is 19.2. The number of aliphatic hydroxyl groups is 1. The summed E-state index contributed by atoms with van der Waals surface area (Å²) in [5, 5.41) is 9.79. The van der Waals surface area contributed by atoms with Crippen LogP contribution in [0.4, 0.5) is 4.79 Å². The maximum absolute atomic E-state index is 12.8. The minimum atomic E-state index is -0.610. The molecular formula is C20H27NO5. The smallest absolute Gasteiger partial charge is 0.411 e. The van der Waals surface area contributed by atoms with Crippen LogP contribution in [0.1, 0.15) is 60.3 Å². The summed E-state index contributed by atoms with van der Waals surface area (Å²) in [5.74, 6) is -0.156. The fourth-order valence-electron chi connectivity index (χ4n) is 4.23. The van der Waals surface area contributed by atoms with Gasteiger partial charge in [-0.05, 0) is 69.2 Å². The van der Waals surface area contributed by atoms with Crippen LogP contribution in [0.3, 0.4) is 0 Å². The molecule has 1 N–H and O–H groups in total. The van der Waals surface area contributed by atoms with Gasteiger partial charge in [0.25, 0.3) is 0 Å². The molecule has 0 bridgehead atoms. The van der Waals surface area contributed by atoms with Crippen LogP contribution in [0.25, 0.3) is 0 Å². The predicted molar refractivity (Wildman–Crippen MR) is 96.0 cm³/mol. The third-order valence-electron chi connectivity index (χ3n) is 5.22. The van der Waals surface area contributed by atoms with E-state index in [1.807, 2.05) is 39.8 Å². The SMILES string of the molecule is COC(=O)c1cc2c(cc1C)C[C@@H]1C[C@@H](CO)N(C(=O)OC(C)(C)C)[C@H]21. The highest BCUT2D eigenvalue weighted by Crippen LogP contribution is 2.50. The Bertz CT molecular complexity index is 736. The number of rotatable bonds is 2. The zero-order valence-electron chi connectivity index (χ0n) is 16.0. The normalized spacial score (nSPS) is 24.2. The van der Waals surface area contributed by atoms with Gasteiger partial charge < -0.3 is 14.6 Å². The Balaban J connectivity index is 2.01. The molecule has 1 aromatic rings. The zero-order valence-corrected chi connectivity index (χ0v) is 16.0. The lowest BCUT2D eigenvalue weighted by atomic mass is 9.99. The second-order valence-corrected chi connectivity index (χ2v) is 8.23. The van der Waals surface area contributed by atoms with Gasteiger partial charge in [0.05, 0.1) is 31.4 Å². The van der Waals surface area contributed by atoms with Gasteiger partial charge in [-0.3, -0.25) is 4.90 Å². The second-order valence-electron chi connectivity index (χ2n) is 8.23. The summed E-state index contributed by atoms with van der Waals surface area (Å²) >= 11 is 0. The van der Waals surface area contributed by atoms with E-state index in [0.29, 0.717) is 5.56 Å². The van der Waals surface area contributed by atoms with E-state index < -0.39 is 11.7 Å². The fourth-order valence-corrected chi connectivity index (χ4v) is 4.23. The fraction of sp³-hybridized carbons (Fsp3) is 0.600. The van der Waals surface area contributed by atoms with Crippen molar-refractivity contribution in [1.29, 1.82) is 0 Å². The average Bonchev–Trinajstić information content (AvgIpc) is 3.06. The summed E-state index contributed by atoms with van der Waals surface area (Å²) in [7, 11) is 1.36. The molecule has 0 unspecified atom stereocenters. The molecule has 1 aliphatic heterocycles. The van der Waals surface area contributed by atoms with Crippen molar-refractivity contribution in [3.05, 3.63) is 34.4 Å². The van der Waals surface area contributed by atoms with E-state index in [-0.39, 0.29) is 30.6 Å². The molecule has 1 aliphatic carbocycles. The van der Waals surface area contributed by atoms with Crippen LogP contribution in [0.2, 0.25) is 0 Å². The first-order valence-electron chi connectivity index (χ1n) is 9.00. The van der Waals surface area contributed by atoms with Crippen molar-refractivity contribution in [2.75, 3.05) is 13.7 Å². The molecular weight excluding hydrogens is 334 g/mol. The third-order valence-corrected chi connectivity index (χ3v) is 5.22. The number of esters is 1. The van der Waals surface area contributed by atoms with Crippen LogP contribution < -0.4 is 0 Å². The molecule has 2 aliphatic rings. The largest absolute Gasteiger partial charge is 0.465 e. The van der Waals surface area contributed by atoms with Gasteiger partial charge in [-0.1, -0.05) is 6.07 Å². The van der Waals surface area contributed by atoms with Crippen molar-refractivity contribution < 1.29 is 24.2 Å². The third kappa shape index (κ3) is 3.18. The number of benzene rings is 1. The first-order valence-corrected chi connectivity index (χ1v) is 9.00. The van der Waals surface area contributed by atoms with Gasteiger partial charge in [0.1, 0.15) is 5.60 Å². The van der Waals surface area contributed by atoms with Crippen molar-refractivity contribution in [2.24, 2.45) is 5.92 Å². The molecule has 1 amide bonds. The minimum Gasteiger partial charge on any atom is -0.465 e. The number of likely N-dealkylation sites (tertiary alicyclic amines) is 1. The lowest BCUT2D eigenvalue weighted by molar-refractivity contribution is 0.00795. The summed E-state index contributed by atoms with van der Waals surface area (Å²) in [5.41, 5.74) is 2.89. The molecule has 142 valence electrons. The van der Waals surface area contributed by atoms with Gasteiger partial charge in [0, 0.05) is 0 Å². The molecule has 3 rings (SSSR count). The number of fused-ring (bicyclic) bond motifs is 3. The summed E-state index contributed by atoms with van der Waals surface area (Å²) in [6, 6.07) is 3.41. The monoisotopic (exact) mass is 361 g/mol. The Morgan fingerprint density at radius 1 is 1.31 bits per heavy atom. The van der Waals surface area contributed by atoms with Gasteiger partial charge in [0.2, 0.25) is 0 Å². The molecule has 6 nitrogen and oxygen atoms in total. The van der Waals surface area contributed by atoms with Crippen LogP contribution in [0, 0.1) is 12.8 Å². The number of methoxy groups -OCH3 is 1. The van der Waals surface area contributed by atoms with Gasteiger partial charge in [-0.2, -0.15) is 0 Å². The van der Waals surface area contributed by atoms with Crippen LogP contribution in [-0.4, -0.2) is 47.4 Å². The van der Waals surface area contributed by atoms with Crippen molar-refractivity contribution >= 4 is 12.1 Å². The van der Waals surface area contributed by atoms with Gasteiger partial charge in [-0.25, -0.2) is 9.59 Å². The van der Waals surface area contributed by atoms with E-state index in [2.05, 4.69) is 0 Å². The van der Waals surface area contributed by atoms with Gasteiger partial charge in [-0.15, -0.1) is 0 Å². The van der Waals surface area contributed by atoms with E-state index in [0.717, 1.165) is 29.5 Å². The summed E-state index contributed by atoms with van der Waals surface area (Å²) in [6.07, 6.45) is 1.14. The summed E-state index contributed by atoms with van der Waals surface area (Å²) < 4.78 is 10.5. The number of aliphatic hydroxyl groups excluding tert-OH is 1. The Kier molecular flexibility index (Phi) is 4.73. The number of nitrogens with zero attached hydrogens (tertiary/aromatic N) is 1. The molecule has 0 spiro atoms. The Hall–Kier alpha value is -2.08. The highest BCUT2D eigenvalue weighted by Gasteiger charge is 2.49. The standard InChI is InChI=1S/C20H27NO5/c1-11-6-12-7-13-8-14(10-22)21(19(24)26-20(2,3)4)17(13)16(12)9-15(11)18(23)25-5/h6,9,13-14,17,22H,7-8,10H2,1-5H3/t13-,14+,17+/m1/s1. The van der Waals surface area contributed by atoms with Crippen LogP contribution in [-0.2, 0) is 15.9 Å². The van der Waals surface area contributed by atoms with Crippen molar-refractivity contribution in [1.82, 2.24) is 4.90 Å². The maximum atomic E-state index is 12.8. The van der Waals surface area contributed by atoms with Crippen molar-refractivity contribution in [2.45, 2.75) is 58.2 Å². The van der Waals surface area contributed by atoms with Gasteiger partial charge >= 0.3 is 12.1 Å². The molecule has 6 heteroatoms. The van der Waals surface area contributed by atoms with Crippen LogP contribution in [0.5, 0.6) is 0 Å². The first-order chi connectivity index (χ1) is 12.2. The van der Waals surface area contributed by atoms with Gasteiger partial charge in [0.15, 0.2) is 0 Å².